The van der Waals surface area contributed by atoms with Gasteiger partial charge in [0.05, 0.1) is 19.2 Å². The number of amides is 11. The lowest BCUT2D eigenvalue weighted by Gasteiger charge is -2.47. The summed E-state index contributed by atoms with van der Waals surface area (Å²) in [5.41, 5.74) is -1.59. The molecule has 4 aliphatic carbocycles. The molecular formula is C75H119F6N11O12. The number of carbonyl (C=O) groups is 11. The zero-order valence-corrected chi connectivity index (χ0v) is 63.7. The van der Waals surface area contributed by atoms with Crippen LogP contribution in [-0.2, 0) is 57.5 Å². The van der Waals surface area contributed by atoms with E-state index in [1.54, 1.807) is 32.9 Å². The Labute approximate surface area is 611 Å². The molecule has 29 heteroatoms. The van der Waals surface area contributed by atoms with Gasteiger partial charge in [-0.25, -0.2) is 13.2 Å². The fraction of sp³-hybridized carbons (Fsp3) is 0.827. The number of alkyl halides is 6. The molecule has 7 aliphatic rings. The van der Waals surface area contributed by atoms with Crippen LogP contribution in [0.25, 0.3) is 0 Å². The molecule has 0 radical (unpaired) electrons. The third-order valence-electron chi connectivity index (χ3n) is 24.4. The monoisotopic (exact) mass is 1480 g/mol. The normalized spacial score (nSPS) is 33.4. The van der Waals surface area contributed by atoms with Gasteiger partial charge < -0.3 is 59.9 Å². The van der Waals surface area contributed by atoms with E-state index in [2.05, 4.69) is 16.0 Å². The predicted molar refractivity (Wildman–Crippen MR) is 377 cm³/mol. The van der Waals surface area contributed by atoms with Crippen molar-refractivity contribution < 1.29 is 83.8 Å². The highest BCUT2D eigenvalue weighted by molar-refractivity contribution is 6.00. The van der Waals surface area contributed by atoms with E-state index in [0.29, 0.717) is 32.1 Å². The smallest absolute Gasteiger partial charge is 0.377 e. The summed E-state index contributed by atoms with van der Waals surface area (Å²) < 4.78 is 93.8. The molecule has 23 nitrogen and oxygen atoms in total. The van der Waals surface area contributed by atoms with Crippen molar-refractivity contribution in [1.29, 1.82) is 0 Å². The molecule has 15 atom stereocenters. The minimum absolute atomic E-state index is 0.0136. The van der Waals surface area contributed by atoms with Crippen LogP contribution in [0.4, 0.5) is 26.3 Å². The molecule has 7 rings (SSSR count). The number of rotatable bonds is 14. The summed E-state index contributed by atoms with van der Waals surface area (Å²) in [6.45, 7) is 11.2. The Morgan fingerprint density at radius 2 is 1.26 bits per heavy atom. The molecular weight excluding hydrogens is 1360 g/mol. The zero-order valence-electron chi connectivity index (χ0n) is 63.7. The second-order valence-corrected chi connectivity index (χ2v) is 31.4. The number of likely N-dealkylation sites (N-methyl/N-ethyl adjacent to an activating group) is 6. The largest absolute Gasteiger partial charge is 0.397 e. The lowest BCUT2D eigenvalue weighted by molar-refractivity contribution is -0.219. The van der Waals surface area contributed by atoms with Crippen molar-refractivity contribution in [3.63, 3.8) is 0 Å². The lowest BCUT2D eigenvalue weighted by Crippen LogP contribution is -2.68. The number of carbonyl (C=O) groups excluding carboxylic acids is 11. The zero-order chi connectivity index (χ0) is 77.0. The number of nitrogens with one attached hydrogen (secondary N) is 3. The van der Waals surface area contributed by atoms with E-state index in [1.807, 2.05) is 27.7 Å². The van der Waals surface area contributed by atoms with E-state index in [-0.39, 0.29) is 108 Å². The Hall–Kier alpha value is -6.55. The first-order chi connectivity index (χ1) is 49.0. The predicted octanol–water partition coefficient (Wildman–Crippen LogP) is 7.47. The van der Waals surface area contributed by atoms with Crippen molar-refractivity contribution in [3.05, 3.63) is 12.2 Å². The summed E-state index contributed by atoms with van der Waals surface area (Å²) in [5.74, 6) is -12.7. The van der Waals surface area contributed by atoms with Gasteiger partial charge >= 0.3 is 6.18 Å². The van der Waals surface area contributed by atoms with E-state index in [9.17, 15) is 37.1 Å². The molecule has 588 valence electrons. The molecule has 3 heterocycles. The highest BCUT2D eigenvalue weighted by Crippen LogP contribution is 2.45. The van der Waals surface area contributed by atoms with Crippen molar-refractivity contribution >= 4 is 65.0 Å². The molecule has 3 N–H and O–H groups in total. The summed E-state index contributed by atoms with van der Waals surface area (Å²) in [6.07, 6.45) is -4.37. The average Bonchev–Trinajstić information content (AvgIpc) is 1.08. The van der Waals surface area contributed by atoms with Crippen LogP contribution in [0.5, 0.6) is 0 Å². The van der Waals surface area contributed by atoms with E-state index in [1.165, 1.54) is 76.6 Å². The van der Waals surface area contributed by atoms with Crippen molar-refractivity contribution in [2.75, 3.05) is 75.1 Å². The van der Waals surface area contributed by atoms with Crippen molar-refractivity contribution in [3.8, 4) is 0 Å². The van der Waals surface area contributed by atoms with Crippen LogP contribution in [0.15, 0.2) is 12.2 Å². The third kappa shape index (κ3) is 20.4. The van der Waals surface area contributed by atoms with Crippen LogP contribution >= 0.6 is 0 Å². The molecule has 11 amide bonds. The maximum absolute atomic E-state index is 15.5. The minimum Gasteiger partial charge on any atom is -0.377 e. The molecule has 3 aliphatic heterocycles. The van der Waals surface area contributed by atoms with Crippen LogP contribution in [-0.4, -0.2) is 264 Å². The fourth-order valence-corrected chi connectivity index (χ4v) is 17.2. The topological polar surface area (TPSA) is 259 Å². The van der Waals surface area contributed by atoms with E-state index in [4.69, 9.17) is 4.74 Å². The molecule has 0 aromatic rings. The molecule has 104 heavy (non-hydrogen) atoms. The van der Waals surface area contributed by atoms with Crippen LogP contribution < -0.4 is 16.0 Å². The van der Waals surface area contributed by atoms with E-state index >= 15 is 41.9 Å². The quantitative estimate of drug-likeness (QED) is 0.113. The van der Waals surface area contributed by atoms with Gasteiger partial charge in [0.25, 0.3) is 0 Å². The molecule has 6 fully saturated rings. The van der Waals surface area contributed by atoms with Gasteiger partial charge in [0, 0.05) is 80.9 Å². The third-order valence-corrected chi connectivity index (χ3v) is 24.4. The first kappa shape index (κ1) is 84.7. The highest BCUT2D eigenvalue weighted by Gasteiger charge is 2.56. The van der Waals surface area contributed by atoms with Gasteiger partial charge in [-0.2, -0.15) is 13.2 Å². The van der Waals surface area contributed by atoms with Gasteiger partial charge in [0.1, 0.15) is 72.3 Å². The Morgan fingerprint density at radius 1 is 0.615 bits per heavy atom. The summed E-state index contributed by atoms with van der Waals surface area (Å²) in [6, 6.07) is -9.72. The first-order valence-corrected chi connectivity index (χ1v) is 38.4. The van der Waals surface area contributed by atoms with Crippen molar-refractivity contribution in [1.82, 2.24) is 55.1 Å². The van der Waals surface area contributed by atoms with Gasteiger partial charge in [-0.3, -0.25) is 52.7 Å². The molecule has 5 unspecified atom stereocenters. The molecule has 2 saturated heterocycles. The number of nitrogens with zero attached hydrogens (tertiary/aromatic N) is 8. The summed E-state index contributed by atoms with van der Waals surface area (Å²) in [4.78, 5) is 176. The van der Waals surface area contributed by atoms with E-state index < -0.39 is 206 Å². The number of hydrogen-bond donors (Lipinski definition) is 3. The Bertz CT molecular complexity index is 3030. The number of ether oxygens (including phenoxy) is 1. The lowest BCUT2D eigenvalue weighted by atomic mass is 9.74. The fourth-order valence-electron chi connectivity index (χ4n) is 17.2. The molecule has 0 aromatic heterocycles. The van der Waals surface area contributed by atoms with E-state index in [0.717, 1.165) is 30.6 Å². The molecule has 1 spiro atoms. The molecule has 2 bridgehead atoms. The van der Waals surface area contributed by atoms with Crippen molar-refractivity contribution in [2.24, 2.45) is 41.4 Å². The summed E-state index contributed by atoms with van der Waals surface area (Å²) in [5, 5.41) is 8.65. The summed E-state index contributed by atoms with van der Waals surface area (Å²) in [7, 11) is 8.68. The standard InChI is InChI=1S/C75H119F6N11O12/c1-14-44(5)64-71(101)86(9)43-62(95)88(11)56-26-19-18-22-33-91(70(56)100)59(39-50-28-29-51(76)34-45(50)6)69(99)85(8)42-60(93)82-55(30-27-48-36-53(77)63(54(78)37-48)75(79,80)81)68(98)92-41-52(104-17-4)40-58(92)67(97)84-74(31-23-32-74)73(103)90(13)65(49(15-2)16-3)72(102)87(10)46(7)35-61(94)89(12)57(66(96)83-64)38-47-24-20-21-25-47/h18-19,44-59,63-65H,14-17,20-43H2,1-13H3,(H,82,93)(H,83,96)(H,84,97)/b19-18-/t44-,45?,46+,48?,50?,51?,52+,53?,54?,55-,56-,57-,58-,59-,63?,64-,65-/m0/s1. The van der Waals surface area contributed by atoms with Crippen LogP contribution in [0.3, 0.4) is 0 Å². The summed E-state index contributed by atoms with van der Waals surface area (Å²) >= 11 is 0. The number of hydrogen-bond acceptors (Lipinski definition) is 12. The SMILES string of the molecule is CCO[C@@H]1C[C@H]2C(=O)NC3(CCC3)C(=O)N(C)[C@@H](C(CC)CC)C(=O)N(C)[C@H](C)CC(=O)N(C)[C@@H](CC3CCCC3)C(=O)N[C@@H]([C@@H](C)CC)C(=O)N(C)CC(=O)N(C)[C@H]3C/C=C\CCN(C3=O)[C@@H](CC3CCC(F)CC3C)C(=O)N(C)CC(=O)N[C@@H](CCC3CC(F)C(C(F)(F)F)C(F)C3)C(=O)N2C1. The molecule has 4 saturated carbocycles. The Kier molecular flexibility index (Phi) is 30.4. The Morgan fingerprint density at radius 3 is 1.85 bits per heavy atom. The second kappa shape index (κ2) is 37.3. The second-order valence-electron chi connectivity index (χ2n) is 31.4. The van der Waals surface area contributed by atoms with Gasteiger partial charge in [0.2, 0.25) is 65.0 Å². The highest BCUT2D eigenvalue weighted by atomic mass is 19.4. The van der Waals surface area contributed by atoms with Gasteiger partial charge in [-0.1, -0.05) is 91.7 Å². The molecule has 0 aromatic carbocycles. The average molecular weight is 1480 g/mol. The minimum atomic E-state index is -5.18. The van der Waals surface area contributed by atoms with Crippen LogP contribution in [0.1, 0.15) is 196 Å². The maximum atomic E-state index is 15.5. The van der Waals surface area contributed by atoms with Gasteiger partial charge in [-0.05, 0) is 139 Å². The van der Waals surface area contributed by atoms with Crippen LogP contribution in [0, 0.1) is 41.4 Å². The van der Waals surface area contributed by atoms with Crippen molar-refractivity contribution in [2.45, 2.75) is 281 Å². The number of fused-ring (bicyclic) bond motifs is 3. The first-order valence-electron chi connectivity index (χ1n) is 38.4. The maximum Gasteiger partial charge on any atom is 0.397 e. The van der Waals surface area contributed by atoms with Gasteiger partial charge in [0.15, 0.2) is 0 Å². The Balaban J connectivity index is 1.30. The van der Waals surface area contributed by atoms with Crippen LogP contribution in [0.2, 0.25) is 0 Å². The number of halogens is 6. The van der Waals surface area contributed by atoms with Gasteiger partial charge in [-0.15, -0.1) is 0 Å².